The number of fused-ring (bicyclic) bond motifs is 1. The molecule has 2 N–H and O–H groups in total. The van der Waals surface area contributed by atoms with Crippen LogP contribution in [0, 0.1) is 6.92 Å². The van der Waals surface area contributed by atoms with E-state index in [0.717, 1.165) is 28.1 Å². The summed E-state index contributed by atoms with van der Waals surface area (Å²) >= 11 is 7.81. The summed E-state index contributed by atoms with van der Waals surface area (Å²) in [4.78, 5) is 22.4. The normalized spacial score (nSPS) is 14.9. The monoisotopic (exact) mass is 502 g/mol. The Morgan fingerprint density at radius 3 is 2.60 bits per heavy atom. The summed E-state index contributed by atoms with van der Waals surface area (Å²) in [5, 5.41) is 12.4. The van der Waals surface area contributed by atoms with Gasteiger partial charge in [0, 0.05) is 34.6 Å². The summed E-state index contributed by atoms with van der Waals surface area (Å²) in [6.45, 7) is 3.85. The molecule has 7 nitrogen and oxygen atoms in total. The zero-order valence-corrected chi connectivity index (χ0v) is 20.8. The molecular formula is C26H23ClN6OS. The molecule has 2 aromatic carbocycles. The quantitative estimate of drug-likeness (QED) is 0.321. The lowest BCUT2D eigenvalue weighted by molar-refractivity contribution is -0.113. The molecule has 0 fully saturated rings. The molecule has 0 unspecified atom stereocenters. The molecule has 0 radical (unpaired) electrons. The first kappa shape index (κ1) is 23.1. The molecule has 0 aliphatic carbocycles. The van der Waals surface area contributed by atoms with Gasteiger partial charge in [0.05, 0.1) is 5.57 Å². The van der Waals surface area contributed by atoms with Crippen molar-refractivity contribution in [1.82, 2.24) is 19.7 Å². The zero-order chi connectivity index (χ0) is 24.4. The topological polar surface area (TPSA) is 84.7 Å². The van der Waals surface area contributed by atoms with E-state index in [9.17, 15) is 4.79 Å². The van der Waals surface area contributed by atoms with Crippen LogP contribution in [-0.2, 0) is 10.5 Å². The van der Waals surface area contributed by atoms with Gasteiger partial charge in [-0.05, 0) is 54.8 Å². The second-order valence-corrected chi connectivity index (χ2v) is 9.51. The van der Waals surface area contributed by atoms with E-state index in [4.69, 9.17) is 21.7 Å². The van der Waals surface area contributed by atoms with Crippen LogP contribution in [0.5, 0.6) is 0 Å². The lowest BCUT2D eigenvalue weighted by Crippen LogP contribution is -2.31. The average molecular weight is 503 g/mol. The number of pyridine rings is 1. The lowest BCUT2D eigenvalue weighted by atomic mass is 9.95. The van der Waals surface area contributed by atoms with E-state index in [2.05, 4.69) is 15.6 Å². The van der Waals surface area contributed by atoms with Gasteiger partial charge in [-0.15, -0.1) is 5.10 Å². The van der Waals surface area contributed by atoms with Gasteiger partial charge in [-0.2, -0.15) is 4.98 Å². The highest BCUT2D eigenvalue weighted by Gasteiger charge is 2.34. The van der Waals surface area contributed by atoms with Gasteiger partial charge >= 0.3 is 0 Å². The van der Waals surface area contributed by atoms with Gasteiger partial charge in [0.15, 0.2) is 0 Å². The molecule has 4 aromatic rings. The summed E-state index contributed by atoms with van der Waals surface area (Å²) in [5.74, 6) is 1.02. The zero-order valence-electron chi connectivity index (χ0n) is 19.2. The summed E-state index contributed by atoms with van der Waals surface area (Å²) < 4.78 is 1.77. The molecule has 176 valence electrons. The third kappa shape index (κ3) is 4.80. The van der Waals surface area contributed by atoms with E-state index in [0.29, 0.717) is 27.5 Å². The minimum absolute atomic E-state index is 0.197. The van der Waals surface area contributed by atoms with Crippen molar-refractivity contribution in [3.05, 3.63) is 106 Å². The number of carbonyl (C=O) groups is 1. The lowest BCUT2D eigenvalue weighted by Gasteiger charge is -2.28. The van der Waals surface area contributed by atoms with Crippen LogP contribution < -0.4 is 10.6 Å². The predicted molar refractivity (Wildman–Crippen MR) is 140 cm³/mol. The number of aromatic nitrogens is 4. The van der Waals surface area contributed by atoms with Crippen molar-refractivity contribution in [2.45, 2.75) is 30.8 Å². The van der Waals surface area contributed by atoms with Crippen molar-refractivity contribution in [3.8, 4) is 0 Å². The number of nitrogens with one attached hydrogen (secondary N) is 2. The number of benzene rings is 2. The number of anilines is 2. The summed E-state index contributed by atoms with van der Waals surface area (Å²) in [5.41, 5.74) is 4.96. The predicted octanol–water partition coefficient (Wildman–Crippen LogP) is 5.85. The second-order valence-electron chi connectivity index (χ2n) is 8.16. The van der Waals surface area contributed by atoms with E-state index in [-0.39, 0.29) is 5.91 Å². The van der Waals surface area contributed by atoms with E-state index in [1.54, 1.807) is 17.1 Å². The average Bonchev–Trinajstić information content (AvgIpc) is 3.27. The van der Waals surface area contributed by atoms with Gasteiger partial charge in [-0.1, -0.05) is 59.8 Å². The summed E-state index contributed by atoms with van der Waals surface area (Å²) in [6.07, 6.45) is 3.43. The molecule has 0 spiro atoms. The number of nitrogens with zero attached hydrogens (tertiary/aromatic N) is 4. The van der Waals surface area contributed by atoms with Crippen LogP contribution in [0.15, 0.2) is 89.5 Å². The van der Waals surface area contributed by atoms with E-state index >= 15 is 0 Å². The van der Waals surface area contributed by atoms with Gasteiger partial charge in [0.1, 0.15) is 6.04 Å². The van der Waals surface area contributed by atoms with Crippen LogP contribution in [0.3, 0.4) is 0 Å². The van der Waals surface area contributed by atoms with Crippen LogP contribution in [-0.4, -0.2) is 25.7 Å². The fourth-order valence-electron chi connectivity index (χ4n) is 4.00. The summed E-state index contributed by atoms with van der Waals surface area (Å²) in [7, 11) is 0. The molecule has 1 amide bonds. The van der Waals surface area contributed by atoms with Gasteiger partial charge in [0.25, 0.3) is 5.91 Å². The van der Waals surface area contributed by atoms with Gasteiger partial charge < -0.3 is 10.6 Å². The maximum Gasteiger partial charge on any atom is 0.255 e. The van der Waals surface area contributed by atoms with E-state index in [1.807, 2.05) is 74.5 Å². The third-order valence-corrected chi connectivity index (χ3v) is 7.06. The fourth-order valence-corrected chi connectivity index (χ4v) is 5.12. The molecule has 0 saturated heterocycles. The number of para-hydroxylation sites is 1. The van der Waals surface area contributed by atoms with Crippen molar-refractivity contribution in [3.63, 3.8) is 0 Å². The largest absolute Gasteiger partial charge is 0.328 e. The maximum absolute atomic E-state index is 13.6. The molecule has 1 atom stereocenters. The Morgan fingerprint density at radius 2 is 1.83 bits per heavy atom. The first-order valence-corrected chi connectivity index (χ1v) is 12.4. The minimum atomic E-state index is -0.458. The number of rotatable bonds is 6. The number of allylic oxidation sites excluding steroid dienone is 1. The second kappa shape index (κ2) is 9.93. The van der Waals surface area contributed by atoms with Crippen molar-refractivity contribution in [2.75, 3.05) is 10.6 Å². The molecular weight excluding hydrogens is 480 g/mol. The van der Waals surface area contributed by atoms with Crippen LogP contribution in [0.25, 0.3) is 0 Å². The number of amides is 1. The van der Waals surface area contributed by atoms with Gasteiger partial charge in [0.2, 0.25) is 11.1 Å². The van der Waals surface area contributed by atoms with Crippen molar-refractivity contribution in [1.29, 1.82) is 0 Å². The Labute approximate surface area is 212 Å². The Kier molecular flexibility index (Phi) is 6.57. The van der Waals surface area contributed by atoms with Crippen molar-refractivity contribution >= 4 is 40.9 Å². The molecule has 35 heavy (non-hydrogen) atoms. The highest BCUT2D eigenvalue weighted by molar-refractivity contribution is 7.98. The molecule has 0 bridgehead atoms. The van der Waals surface area contributed by atoms with Gasteiger partial charge in [-0.25, -0.2) is 4.68 Å². The molecule has 0 saturated carbocycles. The van der Waals surface area contributed by atoms with E-state index in [1.165, 1.54) is 11.8 Å². The number of hydrogen-bond donors (Lipinski definition) is 2. The smallest absolute Gasteiger partial charge is 0.255 e. The Hall–Kier alpha value is -3.62. The molecule has 1 aliphatic heterocycles. The van der Waals surface area contributed by atoms with Gasteiger partial charge in [-0.3, -0.25) is 9.78 Å². The van der Waals surface area contributed by atoms with Crippen LogP contribution in [0.4, 0.5) is 11.6 Å². The third-order valence-electron chi connectivity index (χ3n) is 5.81. The molecule has 9 heteroatoms. The van der Waals surface area contributed by atoms with Crippen molar-refractivity contribution in [2.24, 2.45) is 0 Å². The number of hydrogen-bond acceptors (Lipinski definition) is 6. The SMILES string of the molecule is CC1=C(C(=O)Nc2ccccc2C)[C@H](c2ccncc2)n2nc(SCc3ccccc3Cl)nc2N1. The number of thioether (sulfide) groups is 1. The molecule has 2 aromatic heterocycles. The Balaban J connectivity index is 1.49. The maximum atomic E-state index is 13.6. The number of carbonyl (C=O) groups excluding carboxylic acids is 1. The summed E-state index contributed by atoms with van der Waals surface area (Å²) in [6, 6.07) is 18.8. The highest BCUT2D eigenvalue weighted by Crippen LogP contribution is 2.37. The van der Waals surface area contributed by atoms with Crippen LogP contribution in [0.2, 0.25) is 5.02 Å². The Bertz CT molecular complexity index is 1420. The van der Waals surface area contributed by atoms with Crippen molar-refractivity contribution < 1.29 is 4.79 Å². The first-order valence-electron chi connectivity index (χ1n) is 11.1. The molecule has 3 heterocycles. The Morgan fingerprint density at radius 1 is 1.09 bits per heavy atom. The number of halogens is 1. The highest BCUT2D eigenvalue weighted by atomic mass is 35.5. The number of aryl methyl sites for hydroxylation is 1. The molecule has 5 rings (SSSR count). The fraction of sp³-hybridized carbons (Fsp3) is 0.154. The standard InChI is InChI=1S/C26H23ClN6OS/c1-16-7-3-6-10-21(16)30-24(34)22-17(2)29-25-31-26(35-15-19-8-4-5-9-20(19)27)32-33(25)23(22)18-11-13-28-14-12-18/h3-14,23H,15H2,1-2H3,(H,30,34)(H,29,31,32)/t23-/m0/s1. The first-order chi connectivity index (χ1) is 17.0. The van der Waals surface area contributed by atoms with E-state index < -0.39 is 6.04 Å². The molecule has 1 aliphatic rings. The van der Waals surface area contributed by atoms with Crippen LogP contribution in [0.1, 0.15) is 29.7 Å². The minimum Gasteiger partial charge on any atom is -0.328 e. The van der Waals surface area contributed by atoms with Crippen LogP contribution >= 0.6 is 23.4 Å².